The minimum atomic E-state index is -0.814. The molecule has 0 atom stereocenters. The third-order valence-electron chi connectivity index (χ3n) is 5.96. The van der Waals surface area contributed by atoms with E-state index in [9.17, 15) is 18.4 Å². The van der Waals surface area contributed by atoms with Crippen LogP contribution in [0.1, 0.15) is 33.1 Å². The standard InChI is InChI=1S/C24H29F2N3O3/c1-24(2,16-31)28(3)18-14-21(26)23(27-15-18)17-5-6-22(20(25)13-17)32-19-7-10-29(11-8-19)9-4-12-30/h5-6,12-16,19H,4,7-11H2,1-3H3. The van der Waals surface area contributed by atoms with E-state index in [1.807, 2.05) is 0 Å². The lowest BCUT2D eigenvalue weighted by atomic mass is 10.0. The number of carbonyl (C=O) groups is 2. The fourth-order valence-electron chi connectivity index (χ4n) is 3.64. The molecule has 0 radical (unpaired) electrons. The second kappa shape index (κ2) is 10.2. The summed E-state index contributed by atoms with van der Waals surface area (Å²) < 4.78 is 35.3. The van der Waals surface area contributed by atoms with E-state index in [-0.39, 0.29) is 17.5 Å². The predicted octanol–water partition coefficient (Wildman–Crippen LogP) is 3.87. The van der Waals surface area contributed by atoms with E-state index in [2.05, 4.69) is 9.88 Å². The number of hydrogen-bond donors (Lipinski definition) is 0. The molecule has 172 valence electrons. The zero-order valence-corrected chi connectivity index (χ0v) is 18.7. The molecule has 1 fully saturated rings. The van der Waals surface area contributed by atoms with Crippen molar-refractivity contribution in [2.24, 2.45) is 0 Å². The van der Waals surface area contributed by atoms with Gasteiger partial charge in [-0.25, -0.2) is 8.78 Å². The Morgan fingerprint density at radius 3 is 2.50 bits per heavy atom. The number of aromatic nitrogens is 1. The molecule has 8 heteroatoms. The number of ether oxygens (including phenoxy) is 1. The Labute approximate surface area is 187 Å². The molecule has 32 heavy (non-hydrogen) atoms. The van der Waals surface area contributed by atoms with Gasteiger partial charge in [0.2, 0.25) is 0 Å². The Morgan fingerprint density at radius 2 is 1.91 bits per heavy atom. The van der Waals surface area contributed by atoms with E-state index in [0.29, 0.717) is 17.7 Å². The highest BCUT2D eigenvalue weighted by atomic mass is 19.1. The molecular formula is C24H29F2N3O3. The molecule has 0 aliphatic carbocycles. The first-order valence-corrected chi connectivity index (χ1v) is 10.7. The first-order valence-electron chi connectivity index (χ1n) is 10.7. The fraction of sp³-hybridized carbons (Fsp3) is 0.458. The third kappa shape index (κ3) is 5.48. The molecule has 2 aromatic rings. The maximum absolute atomic E-state index is 14.8. The maximum Gasteiger partial charge on any atom is 0.165 e. The van der Waals surface area contributed by atoms with Crippen LogP contribution in [0.25, 0.3) is 11.3 Å². The summed E-state index contributed by atoms with van der Waals surface area (Å²) in [6.07, 6.45) is 5.07. The van der Waals surface area contributed by atoms with Crippen molar-refractivity contribution in [2.75, 3.05) is 31.6 Å². The highest BCUT2D eigenvalue weighted by molar-refractivity contribution is 5.71. The second-order valence-electron chi connectivity index (χ2n) is 8.61. The van der Waals surface area contributed by atoms with Gasteiger partial charge in [0, 0.05) is 44.7 Å². The number of aldehydes is 2. The molecular weight excluding hydrogens is 416 g/mol. The second-order valence-corrected chi connectivity index (χ2v) is 8.61. The Morgan fingerprint density at radius 1 is 1.19 bits per heavy atom. The molecule has 0 amide bonds. The Balaban J connectivity index is 1.69. The summed E-state index contributed by atoms with van der Waals surface area (Å²) >= 11 is 0. The smallest absolute Gasteiger partial charge is 0.165 e. The van der Waals surface area contributed by atoms with E-state index in [1.54, 1.807) is 31.9 Å². The molecule has 2 heterocycles. The van der Waals surface area contributed by atoms with Gasteiger partial charge < -0.3 is 24.1 Å². The molecule has 0 unspecified atom stereocenters. The van der Waals surface area contributed by atoms with E-state index >= 15 is 0 Å². The molecule has 3 rings (SSSR count). The van der Waals surface area contributed by atoms with Crippen molar-refractivity contribution in [3.63, 3.8) is 0 Å². The fourth-order valence-corrected chi connectivity index (χ4v) is 3.64. The largest absolute Gasteiger partial charge is 0.487 e. The number of likely N-dealkylation sites (tertiary alicyclic amines) is 1. The van der Waals surface area contributed by atoms with Crippen molar-refractivity contribution < 1.29 is 23.1 Å². The normalized spacial score (nSPS) is 15.4. The lowest BCUT2D eigenvalue weighted by Gasteiger charge is -2.32. The molecule has 1 aromatic heterocycles. The highest BCUT2D eigenvalue weighted by Gasteiger charge is 2.25. The summed E-state index contributed by atoms with van der Waals surface area (Å²) in [6, 6.07) is 5.59. The maximum atomic E-state index is 14.8. The Kier molecular flexibility index (Phi) is 7.56. The molecule has 1 saturated heterocycles. The van der Waals surface area contributed by atoms with Gasteiger partial charge in [-0.2, -0.15) is 0 Å². The summed E-state index contributed by atoms with van der Waals surface area (Å²) in [4.78, 5) is 29.8. The number of hydrogen-bond acceptors (Lipinski definition) is 6. The van der Waals surface area contributed by atoms with Gasteiger partial charge in [0.15, 0.2) is 17.4 Å². The summed E-state index contributed by atoms with van der Waals surface area (Å²) in [5, 5.41) is 0. The van der Waals surface area contributed by atoms with Crippen LogP contribution in [-0.2, 0) is 9.59 Å². The molecule has 0 N–H and O–H groups in total. The number of carbonyl (C=O) groups excluding carboxylic acids is 2. The van der Waals surface area contributed by atoms with Crippen LogP contribution >= 0.6 is 0 Å². The first-order chi connectivity index (χ1) is 15.2. The molecule has 1 aliphatic heterocycles. The average Bonchev–Trinajstić information content (AvgIpc) is 2.79. The van der Waals surface area contributed by atoms with E-state index in [0.717, 1.165) is 45.0 Å². The predicted molar refractivity (Wildman–Crippen MR) is 119 cm³/mol. The summed E-state index contributed by atoms with van der Waals surface area (Å²) in [5.41, 5.74) is -0.0334. The monoisotopic (exact) mass is 445 g/mol. The summed E-state index contributed by atoms with van der Waals surface area (Å²) in [7, 11) is 1.68. The topological polar surface area (TPSA) is 62.7 Å². The van der Waals surface area contributed by atoms with Gasteiger partial charge in [0.1, 0.15) is 24.4 Å². The Bertz CT molecular complexity index is 960. The van der Waals surface area contributed by atoms with Gasteiger partial charge in [0.25, 0.3) is 0 Å². The number of likely N-dealkylation sites (N-methyl/N-ethyl adjacent to an activating group) is 1. The van der Waals surface area contributed by atoms with Gasteiger partial charge in [-0.05, 0) is 44.9 Å². The molecule has 0 spiro atoms. The van der Waals surface area contributed by atoms with Crippen LogP contribution in [0.2, 0.25) is 0 Å². The molecule has 0 bridgehead atoms. The Hall–Kier alpha value is -2.87. The SMILES string of the molecule is CN(c1cnc(-c2ccc(OC3CCN(CCC=O)CC3)c(F)c2)c(F)c1)C(C)(C)C=O. The van der Waals surface area contributed by atoms with Gasteiger partial charge in [-0.15, -0.1) is 0 Å². The molecule has 0 saturated carbocycles. The number of anilines is 1. The van der Waals surface area contributed by atoms with Crippen molar-refractivity contribution >= 4 is 18.3 Å². The van der Waals surface area contributed by atoms with Crippen molar-refractivity contribution in [3.05, 3.63) is 42.1 Å². The van der Waals surface area contributed by atoms with E-state index in [4.69, 9.17) is 4.74 Å². The number of halogens is 2. The van der Waals surface area contributed by atoms with Crippen LogP contribution in [-0.4, -0.2) is 60.8 Å². The van der Waals surface area contributed by atoms with Crippen molar-refractivity contribution in [2.45, 2.75) is 44.8 Å². The zero-order chi connectivity index (χ0) is 23.3. The molecule has 1 aliphatic rings. The van der Waals surface area contributed by atoms with Crippen LogP contribution in [0, 0.1) is 11.6 Å². The number of rotatable bonds is 9. The van der Waals surface area contributed by atoms with Crippen molar-refractivity contribution in [1.29, 1.82) is 0 Å². The van der Waals surface area contributed by atoms with E-state index < -0.39 is 17.2 Å². The van der Waals surface area contributed by atoms with Gasteiger partial charge >= 0.3 is 0 Å². The van der Waals surface area contributed by atoms with Crippen molar-refractivity contribution in [1.82, 2.24) is 9.88 Å². The lowest BCUT2D eigenvalue weighted by molar-refractivity contribution is -0.111. The quantitative estimate of drug-likeness (QED) is 0.546. The lowest BCUT2D eigenvalue weighted by Crippen LogP contribution is -2.42. The first kappa shape index (κ1) is 23.8. The average molecular weight is 446 g/mol. The zero-order valence-electron chi connectivity index (χ0n) is 18.7. The number of piperidine rings is 1. The summed E-state index contributed by atoms with van der Waals surface area (Å²) in [5.74, 6) is -1.05. The number of pyridine rings is 1. The minimum Gasteiger partial charge on any atom is -0.487 e. The highest BCUT2D eigenvalue weighted by Crippen LogP contribution is 2.30. The number of nitrogens with zero attached hydrogens (tertiary/aromatic N) is 3. The van der Waals surface area contributed by atoms with Crippen molar-refractivity contribution in [3.8, 4) is 17.0 Å². The van der Waals surface area contributed by atoms with Gasteiger partial charge in [-0.1, -0.05) is 0 Å². The molecule has 1 aromatic carbocycles. The van der Waals surface area contributed by atoms with Gasteiger partial charge in [-0.3, -0.25) is 4.98 Å². The minimum absolute atomic E-state index is 0.0278. The van der Waals surface area contributed by atoms with E-state index in [1.165, 1.54) is 24.4 Å². The van der Waals surface area contributed by atoms with Crippen LogP contribution in [0.4, 0.5) is 14.5 Å². The van der Waals surface area contributed by atoms with Crippen LogP contribution in [0.15, 0.2) is 30.5 Å². The van der Waals surface area contributed by atoms with Crippen LogP contribution in [0.3, 0.4) is 0 Å². The number of benzene rings is 1. The van der Waals surface area contributed by atoms with Gasteiger partial charge in [0.05, 0.1) is 17.4 Å². The van der Waals surface area contributed by atoms with Crippen LogP contribution < -0.4 is 9.64 Å². The summed E-state index contributed by atoms with van der Waals surface area (Å²) in [6.45, 7) is 5.77. The molecule has 6 nitrogen and oxygen atoms in total. The third-order valence-corrected chi connectivity index (χ3v) is 5.96. The van der Waals surface area contributed by atoms with Crippen LogP contribution in [0.5, 0.6) is 5.75 Å².